The van der Waals surface area contributed by atoms with E-state index >= 15 is 0 Å². The molecule has 1 heterocycles. The minimum absolute atomic E-state index is 0.267. The van der Waals surface area contributed by atoms with Gasteiger partial charge in [0.25, 0.3) is 0 Å². The van der Waals surface area contributed by atoms with Gasteiger partial charge in [0.2, 0.25) is 9.84 Å². The van der Waals surface area contributed by atoms with E-state index in [2.05, 4.69) is 36.8 Å². The Hall–Kier alpha value is -1.50. The molecule has 0 aliphatic carbocycles. The van der Waals surface area contributed by atoms with Crippen molar-refractivity contribution >= 4 is 41.7 Å². The molecule has 0 N–H and O–H groups in total. The SMILES string of the molecule is Cc1cc(Br)c(-c2ccccn2)cc1S(=O)(=O)c1ccc(Br)cc1. The van der Waals surface area contributed by atoms with Gasteiger partial charge in [-0.15, -0.1) is 0 Å². The number of aryl methyl sites for hydroxylation is 1. The molecule has 0 saturated heterocycles. The first-order valence-corrected chi connectivity index (χ1v) is 10.2. The van der Waals surface area contributed by atoms with E-state index < -0.39 is 9.84 Å². The Morgan fingerprint density at radius 1 is 0.958 bits per heavy atom. The van der Waals surface area contributed by atoms with Crippen molar-refractivity contribution in [3.05, 3.63) is 75.3 Å². The number of benzene rings is 2. The van der Waals surface area contributed by atoms with Crippen molar-refractivity contribution in [3.63, 3.8) is 0 Å². The normalized spacial score (nSPS) is 11.5. The molecule has 0 amide bonds. The monoisotopic (exact) mass is 465 g/mol. The van der Waals surface area contributed by atoms with Crippen molar-refractivity contribution in [1.29, 1.82) is 0 Å². The zero-order valence-corrected chi connectivity index (χ0v) is 16.7. The number of hydrogen-bond acceptors (Lipinski definition) is 3. The van der Waals surface area contributed by atoms with Gasteiger partial charge in [-0.05, 0) is 61.0 Å². The highest BCUT2D eigenvalue weighted by molar-refractivity contribution is 9.10. The number of sulfone groups is 1. The number of halogens is 2. The zero-order valence-electron chi connectivity index (χ0n) is 12.7. The minimum atomic E-state index is -3.60. The summed E-state index contributed by atoms with van der Waals surface area (Å²) in [5.41, 5.74) is 2.15. The quantitative estimate of drug-likeness (QED) is 0.518. The molecule has 0 bridgehead atoms. The topological polar surface area (TPSA) is 47.0 Å². The smallest absolute Gasteiger partial charge is 0.206 e. The van der Waals surface area contributed by atoms with E-state index in [0.29, 0.717) is 5.56 Å². The van der Waals surface area contributed by atoms with Gasteiger partial charge in [0.1, 0.15) is 0 Å². The Bertz CT molecular complexity index is 986. The lowest BCUT2D eigenvalue weighted by atomic mass is 10.1. The van der Waals surface area contributed by atoms with Crippen LogP contribution < -0.4 is 0 Å². The van der Waals surface area contributed by atoms with Gasteiger partial charge in [-0.25, -0.2) is 8.42 Å². The molecular formula is C18H13Br2NO2S. The van der Waals surface area contributed by atoms with Crippen molar-refractivity contribution < 1.29 is 8.42 Å². The minimum Gasteiger partial charge on any atom is -0.256 e. The van der Waals surface area contributed by atoms with E-state index in [0.717, 1.165) is 20.2 Å². The molecule has 3 rings (SSSR count). The molecule has 3 aromatic rings. The predicted molar refractivity (Wildman–Crippen MR) is 102 cm³/mol. The first-order valence-electron chi connectivity index (χ1n) is 7.12. The average molecular weight is 467 g/mol. The second-order valence-corrected chi connectivity index (χ2v) is 8.96. The zero-order chi connectivity index (χ0) is 17.3. The Morgan fingerprint density at radius 2 is 1.67 bits per heavy atom. The Morgan fingerprint density at radius 3 is 2.29 bits per heavy atom. The lowest BCUT2D eigenvalue weighted by Crippen LogP contribution is -2.05. The van der Waals surface area contributed by atoms with Crippen LogP contribution >= 0.6 is 31.9 Å². The fraction of sp³-hybridized carbons (Fsp3) is 0.0556. The van der Waals surface area contributed by atoms with Gasteiger partial charge in [-0.3, -0.25) is 4.98 Å². The van der Waals surface area contributed by atoms with E-state index in [1.54, 1.807) is 43.5 Å². The van der Waals surface area contributed by atoms with E-state index in [1.165, 1.54) is 0 Å². The number of pyridine rings is 1. The van der Waals surface area contributed by atoms with Crippen LogP contribution in [0.3, 0.4) is 0 Å². The average Bonchev–Trinajstić information content (AvgIpc) is 2.56. The molecule has 0 saturated carbocycles. The molecule has 122 valence electrons. The molecule has 1 aromatic heterocycles. The number of rotatable bonds is 3. The summed E-state index contributed by atoms with van der Waals surface area (Å²) in [7, 11) is -3.60. The Kier molecular flexibility index (Phi) is 4.90. The molecule has 0 spiro atoms. The lowest BCUT2D eigenvalue weighted by molar-refractivity contribution is 0.595. The van der Waals surface area contributed by atoms with Crippen molar-refractivity contribution in [2.24, 2.45) is 0 Å². The molecule has 2 aromatic carbocycles. The van der Waals surface area contributed by atoms with Crippen molar-refractivity contribution in [2.45, 2.75) is 16.7 Å². The Labute approximate surface area is 157 Å². The third kappa shape index (κ3) is 3.31. The third-order valence-electron chi connectivity index (χ3n) is 3.62. The van der Waals surface area contributed by atoms with Crippen LogP contribution in [0.2, 0.25) is 0 Å². The van der Waals surface area contributed by atoms with Crippen molar-refractivity contribution in [1.82, 2.24) is 4.98 Å². The van der Waals surface area contributed by atoms with Crippen LogP contribution in [0.5, 0.6) is 0 Å². The van der Waals surface area contributed by atoms with Crippen LogP contribution in [0.1, 0.15) is 5.56 Å². The molecule has 0 atom stereocenters. The summed E-state index contributed by atoms with van der Waals surface area (Å²) < 4.78 is 27.7. The van der Waals surface area contributed by atoms with Crippen LogP contribution in [-0.2, 0) is 9.84 Å². The highest BCUT2D eigenvalue weighted by atomic mass is 79.9. The summed E-state index contributed by atoms with van der Waals surface area (Å²) in [6.45, 7) is 1.79. The first-order chi connectivity index (χ1) is 11.4. The molecule has 24 heavy (non-hydrogen) atoms. The van der Waals surface area contributed by atoms with Gasteiger partial charge in [0.15, 0.2) is 0 Å². The maximum absolute atomic E-state index is 13.0. The fourth-order valence-electron chi connectivity index (χ4n) is 2.40. The van der Waals surface area contributed by atoms with Gasteiger partial charge in [-0.1, -0.05) is 37.9 Å². The summed E-state index contributed by atoms with van der Waals surface area (Å²) in [5, 5.41) is 0. The third-order valence-corrected chi connectivity index (χ3v) is 6.72. The molecule has 0 unspecified atom stereocenters. The molecule has 3 nitrogen and oxygen atoms in total. The van der Waals surface area contributed by atoms with E-state index in [9.17, 15) is 8.42 Å². The molecule has 6 heteroatoms. The van der Waals surface area contributed by atoms with E-state index in [1.807, 2.05) is 24.3 Å². The van der Waals surface area contributed by atoms with Crippen molar-refractivity contribution in [2.75, 3.05) is 0 Å². The van der Waals surface area contributed by atoms with Gasteiger partial charge in [0, 0.05) is 20.7 Å². The predicted octanol–water partition coefficient (Wildman–Crippen LogP) is 5.41. The molecule has 0 aliphatic rings. The number of hydrogen-bond donors (Lipinski definition) is 0. The largest absolute Gasteiger partial charge is 0.256 e. The second kappa shape index (κ2) is 6.78. The van der Waals surface area contributed by atoms with Crippen LogP contribution in [0.25, 0.3) is 11.3 Å². The maximum Gasteiger partial charge on any atom is 0.206 e. The van der Waals surface area contributed by atoms with Crippen LogP contribution in [0.4, 0.5) is 0 Å². The van der Waals surface area contributed by atoms with Gasteiger partial charge in [-0.2, -0.15) is 0 Å². The second-order valence-electron chi connectivity index (χ2n) is 5.27. The van der Waals surface area contributed by atoms with E-state index in [4.69, 9.17) is 0 Å². The van der Waals surface area contributed by atoms with Crippen LogP contribution in [0.15, 0.2) is 79.5 Å². The number of nitrogens with zero attached hydrogens (tertiary/aromatic N) is 1. The van der Waals surface area contributed by atoms with E-state index in [-0.39, 0.29) is 9.79 Å². The molecule has 0 aliphatic heterocycles. The van der Waals surface area contributed by atoms with Gasteiger partial charge >= 0.3 is 0 Å². The lowest BCUT2D eigenvalue weighted by Gasteiger charge is -2.12. The van der Waals surface area contributed by atoms with Crippen LogP contribution in [-0.4, -0.2) is 13.4 Å². The Balaban J connectivity index is 2.19. The summed E-state index contributed by atoms with van der Waals surface area (Å²) in [6.07, 6.45) is 1.69. The first kappa shape index (κ1) is 17.3. The summed E-state index contributed by atoms with van der Waals surface area (Å²) in [6, 6.07) is 15.7. The van der Waals surface area contributed by atoms with Crippen molar-refractivity contribution in [3.8, 4) is 11.3 Å². The van der Waals surface area contributed by atoms with Gasteiger partial charge in [0.05, 0.1) is 15.5 Å². The maximum atomic E-state index is 13.0. The highest BCUT2D eigenvalue weighted by Gasteiger charge is 2.22. The van der Waals surface area contributed by atoms with Crippen LogP contribution in [0, 0.1) is 6.92 Å². The fourth-order valence-corrected chi connectivity index (χ4v) is 4.83. The number of aromatic nitrogens is 1. The summed E-state index contributed by atoms with van der Waals surface area (Å²) in [4.78, 5) is 4.87. The summed E-state index contributed by atoms with van der Waals surface area (Å²) >= 11 is 6.83. The standard InChI is InChI=1S/C18H13Br2NO2S/c1-12-10-16(20)15(17-4-2-3-9-21-17)11-18(12)24(22,23)14-7-5-13(19)6-8-14/h2-11H,1H3. The summed E-state index contributed by atoms with van der Waals surface area (Å²) in [5.74, 6) is 0. The molecular weight excluding hydrogens is 454 g/mol. The van der Waals surface area contributed by atoms with Gasteiger partial charge < -0.3 is 0 Å². The highest BCUT2D eigenvalue weighted by Crippen LogP contribution is 2.34. The molecule has 0 fully saturated rings. The molecule has 0 radical (unpaired) electrons.